The molecular weight excluding hydrogens is 352 g/mol. The Morgan fingerprint density at radius 1 is 1.27 bits per heavy atom. The maximum atomic E-state index is 12.2. The number of nitrogens with one attached hydrogen (secondary N) is 1. The maximum absolute atomic E-state index is 12.2. The minimum Gasteiger partial charge on any atom is -0.467 e. The van der Waals surface area contributed by atoms with Gasteiger partial charge in [-0.25, -0.2) is 9.78 Å². The van der Waals surface area contributed by atoms with Crippen LogP contribution in [0.15, 0.2) is 52.5 Å². The Hall–Kier alpha value is -2.93. The number of thiazole rings is 1. The van der Waals surface area contributed by atoms with Crippen LogP contribution in [0, 0.1) is 6.92 Å². The molecule has 0 unspecified atom stereocenters. The number of ether oxygens (including phenoxy) is 1. The van der Waals surface area contributed by atoms with Crippen molar-refractivity contribution >= 4 is 23.2 Å². The molecule has 1 aromatic carbocycles. The van der Waals surface area contributed by atoms with Crippen LogP contribution in [0.2, 0.25) is 0 Å². The fraction of sp³-hybridized carbons (Fsp3) is 0.211. The van der Waals surface area contributed by atoms with Crippen molar-refractivity contribution in [2.24, 2.45) is 0 Å². The predicted molar refractivity (Wildman–Crippen MR) is 97.7 cm³/mol. The van der Waals surface area contributed by atoms with Crippen molar-refractivity contribution in [3.63, 3.8) is 0 Å². The number of furan rings is 1. The van der Waals surface area contributed by atoms with Crippen molar-refractivity contribution < 1.29 is 18.7 Å². The minimum absolute atomic E-state index is 0.191. The molecule has 1 N–H and O–H groups in total. The number of carbonyl (C=O) groups excluding carboxylic acids is 2. The molecule has 1 atom stereocenters. The highest BCUT2D eigenvalue weighted by Gasteiger charge is 2.21. The van der Waals surface area contributed by atoms with Gasteiger partial charge < -0.3 is 14.5 Å². The summed E-state index contributed by atoms with van der Waals surface area (Å²) in [5.74, 6) is -0.400. The molecule has 0 spiro atoms. The Labute approximate surface area is 154 Å². The predicted octanol–water partition coefficient (Wildman–Crippen LogP) is 3.57. The van der Waals surface area contributed by atoms with Crippen molar-refractivity contribution in [2.45, 2.75) is 26.5 Å². The molecule has 0 bridgehead atoms. The molecule has 3 aromatic rings. The number of carbonyl (C=O) groups is 2. The zero-order valence-electron chi connectivity index (χ0n) is 14.4. The number of esters is 1. The Balaban J connectivity index is 1.57. The molecule has 0 aliphatic carbocycles. The molecule has 2 heterocycles. The van der Waals surface area contributed by atoms with E-state index in [0.29, 0.717) is 5.76 Å². The summed E-state index contributed by atoms with van der Waals surface area (Å²) < 4.78 is 10.3. The lowest BCUT2D eigenvalue weighted by atomic mass is 10.2. The van der Waals surface area contributed by atoms with Gasteiger partial charge in [0.25, 0.3) is 5.91 Å². The third-order valence-electron chi connectivity index (χ3n) is 3.68. The molecule has 0 radical (unpaired) electrons. The molecule has 0 saturated heterocycles. The van der Waals surface area contributed by atoms with Crippen LogP contribution in [-0.2, 0) is 16.1 Å². The summed E-state index contributed by atoms with van der Waals surface area (Å²) in [5, 5.41) is 5.01. The second kappa shape index (κ2) is 7.97. The van der Waals surface area contributed by atoms with Crippen molar-refractivity contribution in [3.05, 3.63) is 65.1 Å². The summed E-state index contributed by atoms with van der Waals surface area (Å²) in [6.07, 6.45) is 0.598. The van der Waals surface area contributed by atoms with Crippen LogP contribution in [0.3, 0.4) is 0 Å². The van der Waals surface area contributed by atoms with Gasteiger partial charge in [-0.1, -0.05) is 29.8 Å². The van der Waals surface area contributed by atoms with Gasteiger partial charge in [-0.15, -0.1) is 11.3 Å². The van der Waals surface area contributed by atoms with Gasteiger partial charge in [-0.3, -0.25) is 4.79 Å². The molecule has 134 valence electrons. The molecule has 1 amide bonds. The van der Waals surface area contributed by atoms with Crippen LogP contribution >= 0.6 is 11.3 Å². The average molecular weight is 370 g/mol. The van der Waals surface area contributed by atoms with Gasteiger partial charge in [-0.2, -0.15) is 0 Å². The number of rotatable bonds is 6. The van der Waals surface area contributed by atoms with E-state index in [0.717, 1.165) is 16.1 Å². The molecule has 26 heavy (non-hydrogen) atoms. The number of hydrogen-bond acceptors (Lipinski definition) is 6. The normalized spacial score (nSPS) is 11.8. The fourth-order valence-corrected chi connectivity index (χ4v) is 3.00. The topological polar surface area (TPSA) is 81.4 Å². The lowest BCUT2D eigenvalue weighted by molar-refractivity contribution is -0.129. The van der Waals surface area contributed by atoms with E-state index in [1.165, 1.54) is 24.5 Å². The summed E-state index contributed by atoms with van der Waals surface area (Å²) in [5.41, 5.74) is 2.28. The van der Waals surface area contributed by atoms with Crippen LogP contribution in [0.4, 0.5) is 0 Å². The first kappa shape index (κ1) is 17.9. The Bertz CT molecular complexity index is 885. The molecule has 2 aromatic heterocycles. The Morgan fingerprint density at radius 2 is 2.04 bits per heavy atom. The van der Waals surface area contributed by atoms with E-state index < -0.39 is 18.0 Å². The van der Waals surface area contributed by atoms with E-state index in [-0.39, 0.29) is 12.2 Å². The van der Waals surface area contributed by atoms with Crippen LogP contribution in [0.25, 0.3) is 10.6 Å². The van der Waals surface area contributed by atoms with Crippen molar-refractivity contribution in [1.82, 2.24) is 10.3 Å². The zero-order valence-corrected chi connectivity index (χ0v) is 15.2. The van der Waals surface area contributed by atoms with Crippen LogP contribution < -0.4 is 5.32 Å². The largest absolute Gasteiger partial charge is 0.467 e. The second-order valence-corrected chi connectivity index (χ2v) is 6.61. The Kier molecular flexibility index (Phi) is 5.48. The summed E-state index contributed by atoms with van der Waals surface area (Å²) in [4.78, 5) is 28.5. The third-order valence-corrected chi connectivity index (χ3v) is 4.57. The molecule has 3 rings (SSSR count). The first-order chi connectivity index (χ1) is 12.5. The number of amides is 1. The number of hydrogen-bond donors (Lipinski definition) is 1. The third kappa shape index (κ3) is 4.37. The smallest absolute Gasteiger partial charge is 0.358 e. The lowest BCUT2D eigenvalue weighted by Gasteiger charge is -2.12. The highest BCUT2D eigenvalue weighted by Crippen LogP contribution is 2.24. The zero-order chi connectivity index (χ0) is 18.5. The van der Waals surface area contributed by atoms with Gasteiger partial charge in [0.15, 0.2) is 11.8 Å². The SMILES string of the molecule is Cc1ccc(-c2nc(C(=O)O[C@@H](C)C(=O)NCc3ccco3)cs2)cc1. The van der Waals surface area contributed by atoms with Crippen LogP contribution in [0.5, 0.6) is 0 Å². The molecule has 0 aliphatic heterocycles. The van der Waals surface area contributed by atoms with E-state index in [1.807, 2.05) is 31.2 Å². The van der Waals surface area contributed by atoms with Crippen molar-refractivity contribution in [2.75, 3.05) is 0 Å². The van der Waals surface area contributed by atoms with Gasteiger partial charge in [0.1, 0.15) is 10.8 Å². The second-order valence-electron chi connectivity index (χ2n) is 5.75. The Morgan fingerprint density at radius 3 is 2.73 bits per heavy atom. The van der Waals surface area contributed by atoms with Crippen molar-refractivity contribution in [3.8, 4) is 10.6 Å². The summed E-state index contributed by atoms with van der Waals surface area (Å²) in [6.45, 7) is 3.76. The van der Waals surface area contributed by atoms with Crippen LogP contribution in [0.1, 0.15) is 28.7 Å². The first-order valence-electron chi connectivity index (χ1n) is 8.06. The van der Waals surface area contributed by atoms with E-state index in [4.69, 9.17) is 9.15 Å². The maximum Gasteiger partial charge on any atom is 0.358 e. The van der Waals surface area contributed by atoms with Gasteiger partial charge in [0, 0.05) is 10.9 Å². The fourth-order valence-electron chi connectivity index (χ4n) is 2.20. The van der Waals surface area contributed by atoms with Gasteiger partial charge in [0.2, 0.25) is 0 Å². The lowest BCUT2D eigenvalue weighted by Crippen LogP contribution is -2.35. The monoisotopic (exact) mass is 370 g/mol. The first-order valence-corrected chi connectivity index (χ1v) is 8.94. The van der Waals surface area contributed by atoms with E-state index in [9.17, 15) is 9.59 Å². The van der Waals surface area contributed by atoms with Gasteiger partial charge in [-0.05, 0) is 26.0 Å². The standard InChI is InChI=1S/C19H18N2O4S/c1-12-5-7-14(8-6-12)18-21-16(11-26-18)19(23)25-13(2)17(22)20-10-15-4-3-9-24-15/h3-9,11,13H,10H2,1-2H3,(H,20,22)/t13-/m0/s1. The average Bonchev–Trinajstić information content (AvgIpc) is 3.32. The van der Waals surface area contributed by atoms with E-state index in [1.54, 1.807) is 17.5 Å². The highest BCUT2D eigenvalue weighted by atomic mass is 32.1. The molecular formula is C19H18N2O4S. The number of benzene rings is 1. The number of aryl methyl sites for hydroxylation is 1. The molecule has 7 heteroatoms. The van der Waals surface area contributed by atoms with E-state index >= 15 is 0 Å². The highest BCUT2D eigenvalue weighted by molar-refractivity contribution is 7.13. The summed E-state index contributed by atoms with van der Waals surface area (Å²) in [6, 6.07) is 11.4. The number of nitrogens with zero attached hydrogens (tertiary/aromatic N) is 1. The minimum atomic E-state index is -0.929. The van der Waals surface area contributed by atoms with Gasteiger partial charge >= 0.3 is 5.97 Å². The molecule has 0 fully saturated rings. The quantitative estimate of drug-likeness (QED) is 0.671. The molecule has 6 nitrogen and oxygen atoms in total. The molecule has 0 aliphatic rings. The van der Waals surface area contributed by atoms with E-state index in [2.05, 4.69) is 10.3 Å². The van der Waals surface area contributed by atoms with Crippen LogP contribution in [-0.4, -0.2) is 23.0 Å². The summed E-state index contributed by atoms with van der Waals surface area (Å²) in [7, 11) is 0. The summed E-state index contributed by atoms with van der Waals surface area (Å²) >= 11 is 1.36. The molecule has 0 saturated carbocycles. The number of aromatic nitrogens is 1. The van der Waals surface area contributed by atoms with Crippen molar-refractivity contribution in [1.29, 1.82) is 0 Å². The van der Waals surface area contributed by atoms with Gasteiger partial charge in [0.05, 0.1) is 12.8 Å².